The Morgan fingerprint density at radius 3 is 2.21 bits per heavy atom. The molecule has 3 aliphatic rings. The molecule has 2 heterocycles. The van der Waals surface area contributed by atoms with Crippen LogP contribution in [0.25, 0.3) is 0 Å². The molecule has 2 saturated carbocycles. The van der Waals surface area contributed by atoms with Gasteiger partial charge in [-0.1, -0.05) is 25.7 Å². The van der Waals surface area contributed by atoms with E-state index in [2.05, 4.69) is 22.0 Å². The second-order valence-electron chi connectivity index (χ2n) is 9.13. The summed E-state index contributed by atoms with van der Waals surface area (Å²) in [6.07, 6.45) is 10.4. The maximum atomic E-state index is 10.8. The molecule has 0 bridgehead atoms. The number of aromatic nitrogens is 1. The molecule has 0 amide bonds. The summed E-state index contributed by atoms with van der Waals surface area (Å²) >= 11 is 0. The molecule has 1 aromatic rings. The lowest BCUT2D eigenvalue weighted by molar-refractivity contribution is -0.117. The fourth-order valence-corrected chi connectivity index (χ4v) is 6.34. The van der Waals surface area contributed by atoms with Crippen molar-refractivity contribution in [3.63, 3.8) is 0 Å². The molecule has 0 spiro atoms. The first-order valence-electron chi connectivity index (χ1n) is 10.9. The zero-order valence-corrected chi connectivity index (χ0v) is 17.2. The molecule has 6 nitrogen and oxygen atoms in total. The van der Waals surface area contributed by atoms with Crippen LogP contribution >= 0.6 is 0 Å². The first-order chi connectivity index (χ1) is 14.0. The lowest BCUT2D eigenvalue weighted by Crippen LogP contribution is -2.70. The second kappa shape index (κ2) is 7.59. The number of nitriles is 2. The number of pyridine rings is 1. The van der Waals surface area contributed by atoms with Crippen molar-refractivity contribution < 1.29 is 10.2 Å². The third kappa shape index (κ3) is 2.93. The smallest absolute Gasteiger partial charge is 0.141 e. The number of piperidine rings is 1. The Balaban J connectivity index is 1.87. The van der Waals surface area contributed by atoms with E-state index < -0.39 is 11.1 Å². The SMILES string of the molecule is Cc1ncc(CO)c(CN2[C@@]3(C#N)CCCC[C@@H]3C[C@H]3CCCC[C@]32C#N)c1O. The van der Waals surface area contributed by atoms with Crippen molar-refractivity contribution in [1.29, 1.82) is 10.5 Å². The highest BCUT2D eigenvalue weighted by Gasteiger charge is 2.61. The number of hydrogen-bond donors (Lipinski definition) is 2. The molecule has 1 aliphatic heterocycles. The van der Waals surface area contributed by atoms with Gasteiger partial charge in [-0.25, -0.2) is 0 Å². The van der Waals surface area contributed by atoms with E-state index in [0.29, 0.717) is 23.4 Å². The molecule has 0 radical (unpaired) electrons. The van der Waals surface area contributed by atoms with Crippen LogP contribution in [-0.2, 0) is 13.2 Å². The number of nitrogens with zero attached hydrogens (tertiary/aromatic N) is 4. The fourth-order valence-electron chi connectivity index (χ4n) is 6.34. The van der Waals surface area contributed by atoms with E-state index in [4.69, 9.17) is 0 Å². The van der Waals surface area contributed by atoms with Crippen LogP contribution in [0.15, 0.2) is 6.20 Å². The van der Waals surface area contributed by atoms with Gasteiger partial charge in [0.15, 0.2) is 0 Å². The third-order valence-corrected chi connectivity index (χ3v) is 7.91. The average molecular weight is 395 g/mol. The van der Waals surface area contributed by atoms with Gasteiger partial charge in [0.1, 0.15) is 16.8 Å². The number of fused-ring (bicyclic) bond motifs is 2. The summed E-state index contributed by atoms with van der Waals surface area (Å²) in [5, 5.41) is 41.6. The molecular formula is C23H30N4O2. The van der Waals surface area contributed by atoms with Crippen LogP contribution in [-0.4, -0.2) is 31.2 Å². The molecule has 1 aromatic heterocycles. The van der Waals surface area contributed by atoms with Crippen molar-refractivity contribution >= 4 is 0 Å². The molecule has 29 heavy (non-hydrogen) atoms. The Hall–Kier alpha value is -2.15. The lowest BCUT2D eigenvalue weighted by atomic mass is 9.57. The topological polar surface area (TPSA) is 104 Å². The van der Waals surface area contributed by atoms with Crippen LogP contribution in [0, 0.1) is 41.4 Å². The lowest BCUT2D eigenvalue weighted by Gasteiger charge is -2.61. The highest BCUT2D eigenvalue weighted by molar-refractivity contribution is 5.42. The van der Waals surface area contributed by atoms with E-state index in [1.807, 2.05) is 0 Å². The zero-order chi connectivity index (χ0) is 20.6. The zero-order valence-electron chi connectivity index (χ0n) is 17.2. The third-order valence-electron chi connectivity index (χ3n) is 7.91. The van der Waals surface area contributed by atoms with Gasteiger partial charge in [-0.15, -0.1) is 0 Å². The van der Waals surface area contributed by atoms with Gasteiger partial charge in [0.25, 0.3) is 0 Å². The maximum Gasteiger partial charge on any atom is 0.141 e. The molecule has 0 aromatic carbocycles. The van der Waals surface area contributed by atoms with Crippen LogP contribution in [0.2, 0.25) is 0 Å². The Morgan fingerprint density at radius 1 is 1.10 bits per heavy atom. The quantitative estimate of drug-likeness (QED) is 0.810. The molecule has 1 saturated heterocycles. The summed E-state index contributed by atoms with van der Waals surface area (Å²) in [6.45, 7) is 1.82. The van der Waals surface area contributed by atoms with E-state index in [1.54, 1.807) is 13.1 Å². The number of aliphatic hydroxyl groups is 1. The summed E-state index contributed by atoms with van der Waals surface area (Å²) in [7, 11) is 0. The summed E-state index contributed by atoms with van der Waals surface area (Å²) in [6, 6.07) is 5.34. The minimum atomic E-state index is -0.682. The van der Waals surface area contributed by atoms with Crippen LogP contribution in [0.5, 0.6) is 5.75 Å². The van der Waals surface area contributed by atoms with Crippen molar-refractivity contribution in [1.82, 2.24) is 9.88 Å². The normalized spacial score (nSPS) is 34.5. The van der Waals surface area contributed by atoms with Crippen molar-refractivity contribution in [2.45, 2.75) is 88.9 Å². The fraction of sp³-hybridized carbons (Fsp3) is 0.696. The molecular weight excluding hydrogens is 364 g/mol. The van der Waals surface area contributed by atoms with Gasteiger partial charge >= 0.3 is 0 Å². The summed E-state index contributed by atoms with van der Waals surface area (Å²) in [5.74, 6) is 0.588. The van der Waals surface area contributed by atoms with Crippen LogP contribution in [0.4, 0.5) is 0 Å². The minimum absolute atomic E-state index is 0.0722. The number of aliphatic hydroxyl groups excluding tert-OH is 1. The Labute approximate surface area is 172 Å². The first kappa shape index (κ1) is 20.1. The number of aromatic hydroxyl groups is 1. The summed E-state index contributed by atoms with van der Waals surface area (Å²) in [4.78, 5) is 6.34. The summed E-state index contributed by atoms with van der Waals surface area (Å²) < 4.78 is 0. The van der Waals surface area contributed by atoms with Gasteiger partial charge in [0.05, 0.1) is 24.4 Å². The Morgan fingerprint density at radius 2 is 1.69 bits per heavy atom. The molecule has 3 fully saturated rings. The average Bonchev–Trinajstić information content (AvgIpc) is 2.76. The number of likely N-dealkylation sites (tertiary alicyclic amines) is 1. The molecule has 2 N–H and O–H groups in total. The highest BCUT2D eigenvalue weighted by atomic mass is 16.3. The van der Waals surface area contributed by atoms with Gasteiger partial charge in [0, 0.05) is 23.9 Å². The molecule has 4 atom stereocenters. The van der Waals surface area contributed by atoms with E-state index in [1.165, 1.54) is 0 Å². The molecule has 0 unspecified atom stereocenters. The van der Waals surface area contributed by atoms with Gasteiger partial charge in [-0.3, -0.25) is 9.88 Å². The van der Waals surface area contributed by atoms with Crippen molar-refractivity contribution in [3.05, 3.63) is 23.0 Å². The van der Waals surface area contributed by atoms with E-state index in [0.717, 1.165) is 57.8 Å². The Kier molecular flexibility index (Phi) is 5.27. The van der Waals surface area contributed by atoms with E-state index >= 15 is 0 Å². The van der Waals surface area contributed by atoms with Gasteiger partial charge in [0.2, 0.25) is 0 Å². The van der Waals surface area contributed by atoms with Crippen molar-refractivity contribution in [3.8, 4) is 17.9 Å². The Bertz CT molecular complexity index is 833. The van der Waals surface area contributed by atoms with Crippen LogP contribution < -0.4 is 0 Å². The number of hydrogen-bond acceptors (Lipinski definition) is 6. The predicted molar refractivity (Wildman–Crippen MR) is 107 cm³/mol. The molecule has 154 valence electrons. The van der Waals surface area contributed by atoms with Gasteiger partial charge < -0.3 is 10.2 Å². The van der Waals surface area contributed by atoms with Gasteiger partial charge in [-0.2, -0.15) is 10.5 Å². The minimum Gasteiger partial charge on any atom is -0.506 e. The molecule has 6 heteroatoms. The van der Waals surface area contributed by atoms with Gasteiger partial charge in [-0.05, 0) is 50.9 Å². The molecule has 4 rings (SSSR count). The predicted octanol–water partition coefficient (Wildman–Crippen LogP) is 3.70. The van der Waals surface area contributed by atoms with E-state index in [9.17, 15) is 20.7 Å². The second-order valence-corrected chi connectivity index (χ2v) is 9.13. The monoisotopic (exact) mass is 394 g/mol. The van der Waals surface area contributed by atoms with Crippen molar-refractivity contribution in [2.75, 3.05) is 0 Å². The summed E-state index contributed by atoms with van der Waals surface area (Å²) in [5.41, 5.74) is 0.321. The van der Waals surface area contributed by atoms with Crippen LogP contribution in [0.1, 0.15) is 74.6 Å². The highest BCUT2D eigenvalue weighted by Crippen LogP contribution is 2.56. The van der Waals surface area contributed by atoms with Crippen molar-refractivity contribution in [2.24, 2.45) is 11.8 Å². The number of aryl methyl sites for hydroxylation is 1. The number of rotatable bonds is 3. The maximum absolute atomic E-state index is 10.8. The molecule has 2 aliphatic carbocycles. The standard InChI is InChI=1S/C23H30N4O2/c1-16-21(29)20(17(13-28)11-26-16)12-27-22(14-24)8-4-2-6-18(22)10-19-7-3-5-9-23(19,27)15-25/h11,18-19,28-29H,2-10,12-13H2,1H3/t18-,19-,22-,23+/m1/s1. The largest absolute Gasteiger partial charge is 0.506 e. The van der Waals surface area contributed by atoms with Crippen LogP contribution in [0.3, 0.4) is 0 Å². The van der Waals surface area contributed by atoms with E-state index in [-0.39, 0.29) is 24.2 Å². The first-order valence-corrected chi connectivity index (χ1v) is 10.9.